The Hall–Kier alpha value is -2.04. The van der Waals surface area contributed by atoms with E-state index in [4.69, 9.17) is 5.11 Å². The number of aliphatic carboxylic acids is 1. The predicted molar refractivity (Wildman–Crippen MR) is 67.5 cm³/mol. The fourth-order valence-electron chi connectivity index (χ4n) is 1.76. The Morgan fingerprint density at radius 2 is 2.11 bits per heavy atom. The van der Waals surface area contributed by atoms with Gasteiger partial charge in [-0.2, -0.15) is 0 Å². The quantitative estimate of drug-likeness (QED) is 0.762. The molecule has 2 amide bonds. The molecule has 0 atom stereocenters. The van der Waals surface area contributed by atoms with Crippen molar-refractivity contribution in [1.29, 1.82) is 0 Å². The molecular weight excluding hydrogens is 232 g/mol. The van der Waals surface area contributed by atoms with Crippen molar-refractivity contribution < 1.29 is 14.7 Å². The number of urea groups is 1. The number of anilines is 1. The monoisotopic (exact) mass is 248 g/mol. The lowest BCUT2D eigenvalue weighted by Crippen LogP contribution is -2.36. The lowest BCUT2D eigenvalue weighted by molar-refractivity contribution is -0.143. The minimum absolute atomic E-state index is 0.181. The zero-order chi connectivity index (χ0) is 13.2. The fourth-order valence-corrected chi connectivity index (χ4v) is 1.76. The summed E-state index contributed by atoms with van der Waals surface area (Å²) in [7, 11) is 0. The summed E-state index contributed by atoms with van der Waals surface area (Å²) in [5, 5.41) is 14.3. The molecule has 0 saturated heterocycles. The maximum Gasteiger partial charge on any atom is 0.319 e. The second-order valence-corrected chi connectivity index (χ2v) is 4.76. The molecule has 0 heterocycles. The van der Waals surface area contributed by atoms with Gasteiger partial charge in [-0.1, -0.05) is 12.1 Å². The smallest absolute Gasteiger partial charge is 0.319 e. The largest absolute Gasteiger partial charge is 0.481 e. The van der Waals surface area contributed by atoms with Crippen LogP contribution >= 0.6 is 0 Å². The molecule has 18 heavy (non-hydrogen) atoms. The highest BCUT2D eigenvalue weighted by Gasteiger charge is 2.50. The van der Waals surface area contributed by atoms with Crippen molar-refractivity contribution in [2.75, 3.05) is 11.9 Å². The summed E-state index contributed by atoms with van der Waals surface area (Å²) >= 11 is 0. The number of carboxylic acid groups (broad SMARTS) is 1. The highest BCUT2D eigenvalue weighted by molar-refractivity contribution is 5.90. The molecule has 1 saturated carbocycles. The van der Waals surface area contributed by atoms with Gasteiger partial charge in [-0.15, -0.1) is 0 Å². The van der Waals surface area contributed by atoms with Gasteiger partial charge in [0.2, 0.25) is 0 Å². The Morgan fingerprint density at radius 1 is 1.39 bits per heavy atom. The molecule has 5 heteroatoms. The van der Waals surface area contributed by atoms with Crippen LogP contribution in [-0.2, 0) is 4.79 Å². The van der Waals surface area contributed by atoms with E-state index in [9.17, 15) is 9.59 Å². The van der Waals surface area contributed by atoms with Gasteiger partial charge >= 0.3 is 12.0 Å². The summed E-state index contributed by atoms with van der Waals surface area (Å²) in [6.45, 7) is 2.12. The molecule has 2 rings (SSSR count). The number of nitrogens with one attached hydrogen (secondary N) is 2. The summed E-state index contributed by atoms with van der Waals surface area (Å²) in [4.78, 5) is 22.5. The molecule has 0 bridgehead atoms. The molecule has 1 fully saturated rings. The standard InChI is InChI=1S/C13H16N2O3/c1-9-3-2-4-10(7-9)15-12(18)14-8-13(5-6-13)11(16)17/h2-4,7H,5-6,8H2,1H3,(H,16,17)(H2,14,15,18). The lowest BCUT2D eigenvalue weighted by atomic mass is 10.1. The number of hydrogen-bond donors (Lipinski definition) is 3. The van der Waals surface area contributed by atoms with Crippen LogP contribution in [0.3, 0.4) is 0 Å². The number of aryl methyl sites for hydroxylation is 1. The first-order valence-electron chi connectivity index (χ1n) is 5.87. The first kappa shape index (κ1) is 12.4. The molecule has 5 nitrogen and oxygen atoms in total. The SMILES string of the molecule is Cc1cccc(NC(=O)NCC2(C(=O)O)CC2)c1. The number of amides is 2. The maximum absolute atomic E-state index is 11.6. The summed E-state index contributed by atoms with van der Waals surface area (Å²) < 4.78 is 0. The number of benzene rings is 1. The van der Waals surface area contributed by atoms with Crippen molar-refractivity contribution in [3.63, 3.8) is 0 Å². The van der Waals surface area contributed by atoms with E-state index in [0.717, 1.165) is 5.56 Å². The van der Waals surface area contributed by atoms with Crippen LogP contribution in [0.1, 0.15) is 18.4 Å². The van der Waals surface area contributed by atoms with Crippen LogP contribution in [0.5, 0.6) is 0 Å². The number of carbonyl (C=O) groups is 2. The first-order valence-corrected chi connectivity index (χ1v) is 5.87. The number of rotatable bonds is 4. The van der Waals surface area contributed by atoms with Crippen LogP contribution in [-0.4, -0.2) is 23.7 Å². The van der Waals surface area contributed by atoms with Crippen LogP contribution in [0.25, 0.3) is 0 Å². The van der Waals surface area contributed by atoms with E-state index < -0.39 is 11.4 Å². The van der Waals surface area contributed by atoms with Gasteiger partial charge in [-0.05, 0) is 37.5 Å². The van der Waals surface area contributed by atoms with E-state index in [-0.39, 0.29) is 12.6 Å². The number of carboxylic acids is 1. The zero-order valence-corrected chi connectivity index (χ0v) is 10.2. The van der Waals surface area contributed by atoms with Crippen molar-refractivity contribution in [2.24, 2.45) is 5.41 Å². The van der Waals surface area contributed by atoms with Crippen LogP contribution in [0.15, 0.2) is 24.3 Å². The van der Waals surface area contributed by atoms with Crippen LogP contribution in [0.4, 0.5) is 10.5 Å². The molecule has 1 aliphatic rings. The summed E-state index contributed by atoms with van der Waals surface area (Å²) in [5.74, 6) is -0.835. The van der Waals surface area contributed by atoms with Gasteiger partial charge in [0.25, 0.3) is 0 Å². The molecule has 96 valence electrons. The molecule has 0 radical (unpaired) electrons. The number of carbonyl (C=O) groups excluding carboxylic acids is 1. The molecule has 3 N–H and O–H groups in total. The van der Waals surface area contributed by atoms with Crippen molar-refractivity contribution in [2.45, 2.75) is 19.8 Å². The van der Waals surface area contributed by atoms with Crippen molar-refractivity contribution in [3.05, 3.63) is 29.8 Å². The van der Waals surface area contributed by atoms with Crippen LogP contribution in [0, 0.1) is 12.3 Å². The first-order chi connectivity index (χ1) is 8.52. The summed E-state index contributed by atoms with van der Waals surface area (Å²) in [6, 6.07) is 7.06. The van der Waals surface area contributed by atoms with Gasteiger partial charge in [0.1, 0.15) is 0 Å². The van der Waals surface area contributed by atoms with Gasteiger partial charge in [0.15, 0.2) is 0 Å². The molecular formula is C13H16N2O3. The highest BCUT2D eigenvalue weighted by atomic mass is 16.4. The molecule has 1 aliphatic carbocycles. The number of hydrogen-bond acceptors (Lipinski definition) is 2. The summed E-state index contributed by atoms with van der Waals surface area (Å²) in [6.07, 6.45) is 1.26. The molecule has 1 aromatic carbocycles. The third-order valence-corrected chi connectivity index (χ3v) is 3.17. The lowest BCUT2D eigenvalue weighted by Gasteiger charge is -2.12. The fraction of sp³-hybridized carbons (Fsp3) is 0.385. The Labute approximate surface area is 105 Å². The van der Waals surface area contributed by atoms with Crippen molar-refractivity contribution >= 4 is 17.7 Å². The third kappa shape index (κ3) is 2.80. The molecule has 1 aromatic rings. The van der Waals surface area contributed by atoms with E-state index >= 15 is 0 Å². The topological polar surface area (TPSA) is 78.4 Å². The van der Waals surface area contributed by atoms with E-state index in [1.165, 1.54) is 0 Å². The van der Waals surface area contributed by atoms with Gasteiger partial charge in [0, 0.05) is 12.2 Å². The van der Waals surface area contributed by atoms with Crippen LogP contribution in [0.2, 0.25) is 0 Å². The molecule has 0 spiro atoms. The second-order valence-electron chi connectivity index (χ2n) is 4.76. The second kappa shape index (κ2) is 4.68. The van der Waals surface area contributed by atoms with Crippen LogP contribution < -0.4 is 10.6 Å². The van der Waals surface area contributed by atoms with Crippen molar-refractivity contribution in [3.8, 4) is 0 Å². The van der Waals surface area contributed by atoms with Gasteiger partial charge in [0.05, 0.1) is 5.41 Å². The van der Waals surface area contributed by atoms with E-state index in [1.807, 2.05) is 25.1 Å². The third-order valence-electron chi connectivity index (χ3n) is 3.17. The molecule has 0 aromatic heterocycles. The normalized spacial score (nSPS) is 15.8. The Morgan fingerprint density at radius 3 is 2.67 bits per heavy atom. The molecule has 0 unspecified atom stereocenters. The Kier molecular flexibility index (Phi) is 3.23. The zero-order valence-electron chi connectivity index (χ0n) is 10.2. The Balaban J connectivity index is 1.84. The van der Waals surface area contributed by atoms with E-state index in [0.29, 0.717) is 18.5 Å². The highest BCUT2D eigenvalue weighted by Crippen LogP contribution is 2.45. The average Bonchev–Trinajstić information content (AvgIpc) is 3.07. The van der Waals surface area contributed by atoms with Crippen molar-refractivity contribution in [1.82, 2.24) is 5.32 Å². The summed E-state index contributed by atoms with van der Waals surface area (Å²) in [5.41, 5.74) is 1.02. The van der Waals surface area contributed by atoms with E-state index in [1.54, 1.807) is 6.07 Å². The molecule has 0 aliphatic heterocycles. The van der Waals surface area contributed by atoms with Gasteiger partial charge < -0.3 is 15.7 Å². The van der Waals surface area contributed by atoms with Gasteiger partial charge in [-0.25, -0.2) is 4.79 Å². The van der Waals surface area contributed by atoms with Gasteiger partial charge in [-0.3, -0.25) is 4.79 Å². The maximum atomic E-state index is 11.6. The predicted octanol–water partition coefficient (Wildman–Crippen LogP) is 1.98. The minimum atomic E-state index is -0.835. The average molecular weight is 248 g/mol. The van der Waals surface area contributed by atoms with E-state index in [2.05, 4.69) is 10.6 Å². The minimum Gasteiger partial charge on any atom is -0.481 e. The Bertz CT molecular complexity index is 481.